The summed E-state index contributed by atoms with van der Waals surface area (Å²) in [6, 6.07) is 6.32. The largest absolute Gasteiger partial charge is 0.237 e. The van der Waals surface area contributed by atoms with E-state index in [1.54, 1.807) is 11.3 Å². The molecule has 0 aliphatic carbocycles. The molecule has 3 nitrogen and oxygen atoms in total. The molecule has 0 aliphatic rings. The van der Waals surface area contributed by atoms with Crippen LogP contribution in [-0.2, 0) is 0 Å². The Morgan fingerprint density at radius 1 is 1.39 bits per heavy atom. The van der Waals surface area contributed by atoms with Crippen LogP contribution in [-0.4, -0.2) is 9.97 Å². The zero-order chi connectivity index (χ0) is 13.1. The standard InChI is InChI=1S/C14H15N3S/c1-4-11(8-15)14-16-10(3)7-12(17-14)13-9(2)5-6-18-13/h5-7,11H,4H2,1-3H3. The van der Waals surface area contributed by atoms with Crippen molar-refractivity contribution >= 4 is 11.3 Å². The first-order chi connectivity index (χ1) is 8.65. The first kappa shape index (κ1) is 12.7. The second-order valence-corrected chi connectivity index (χ2v) is 5.19. The molecule has 2 rings (SSSR count). The lowest BCUT2D eigenvalue weighted by Crippen LogP contribution is -2.04. The molecule has 2 aromatic rings. The van der Waals surface area contributed by atoms with Crippen LogP contribution in [0.25, 0.3) is 10.6 Å². The molecular weight excluding hydrogens is 242 g/mol. The van der Waals surface area contributed by atoms with Crippen molar-refractivity contribution in [3.63, 3.8) is 0 Å². The van der Waals surface area contributed by atoms with Crippen molar-refractivity contribution in [2.75, 3.05) is 0 Å². The van der Waals surface area contributed by atoms with Gasteiger partial charge in [0.05, 0.1) is 16.6 Å². The van der Waals surface area contributed by atoms with E-state index in [1.807, 2.05) is 19.9 Å². The Morgan fingerprint density at radius 3 is 2.72 bits per heavy atom. The molecule has 0 spiro atoms. The monoisotopic (exact) mass is 257 g/mol. The average Bonchev–Trinajstić information content (AvgIpc) is 2.76. The summed E-state index contributed by atoms with van der Waals surface area (Å²) in [7, 11) is 0. The molecule has 0 bridgehead atoms. The lowest BCUT2D eigenvalue weighted by molar-refractivity contribution is 0.746. The maximum atomic E-state index is 9.12. The van der Waals surface area contributed by atoms with Crippen LogP contribution in [0.1, 0.15) is 36.3 Å². The fraction of sp³-hybridized carbons (Fsp3) is 0.357. The van der Waals surface area contributed by atoms with Gasteiger partial charge in [-0.25, -0.2) is 9.97 Å². The van der Waals surface area contributed by atoms with Crippen LogP contribution in [0.15, 0.2) is 17.5 Å². The summed E-state index contributed by atoms with van der Waals surface area (Å²) in [5, 5.41) is 11.2. The molecule has 0 aliphatic heterocycles. The lowest BCUT2D eigenvalue weighted by atomic mass is 10.1. The van der Waals surface area contributed by atoms with E-state index < -0.39 is 0 Å². The molecule has 0 saturated carbocycles. The van der Waals surface area contributed by atoms with E-state index in [9.17, 15) is 0 Å². The second kappa shape index (κ2) is 5.28. The van der Waals surface area contributed by atoms with Crippen molar-refractivity contribution < 1.29 is 0 Å². The fourth-order valence-electron chi connectivity index (χ4n) is 1.83. The zero-order valence-corrected chi connectivity index (χ0v) is 11.6. The molecule has 0 fully saturated rings. The first-order valence-electron chi connectivity index (χ1n) is 5.95. The number of hydrogen-bond acceptors (Lipinski definition) is 4. The molecule has 0 amide bonds. The molecule has 0 saturated heterocycles. The van der Waals surface area contributed by atoms with E-state index in [-0.39, 0.29) is 5.92 Å². The van der Waals surface area contributed by atoms with E-state index >= 15 is 0 Å². The molecule has 1 unspecified atom stereocenters. The Kier molecular flexibility index (Phi) is 3.73. The minimum absolute atomic E-state index is 0.219. The molecular formula is C14H15N3S. The van der Waals surface area contributed by atoms with Gasteiger partial charge >= 0.3 is 0 Å². The van der Waals surface area contributed by atoms with E-state index in [1.165, 1.54) is 5.56 Å². The Morgan fingerprint density at radius 2 is 2.17 bits per heavy atom. The number of nitriles is 1. The maximum absolute atomic E-state index is 9.12. The fourth-order valence-corrected chi connectivity index (χ4v) is 2.72. The molecule has 1 atom stereocenters. The van der Waals surface area contributed by atoms with Gasteiger partial charge in [0.25, 0.3) is 0 Å². The third kappa shape index (κ3) is 2.41. The van der Waals surface area contributed by atoms with Crippen molar-refractivity contribution in [2.45, 2.75) is 33.1 Å². The molecule has 2 heterocycles. The number of aryl methyl sites for hydroxylation is 2. The lowest BCUT2D eigenvalue weighted by Gasteiger charge is -2.08. The minimum Gasteiger partial charge on any atom is -0.237 e. The van der Waals surface area contributed by atoms with Gasteiger partial charge in [0.15, 0.2) is 0 Å². The van der Waals surface area contributed by atoms with Crippen LogP contribution in [0.5, 0.6) is 0 Å². The van der Waals surface area contributed by atoms with Crippen LogP contribution < -0.4 is 0 Å². The summed E-state index contributed by atoms with van der Waals surface area (Å²) in [5.74, 6) is 0.423. The van der Waals surface area contributed by atoms with Gasteiger partial charge in [0.2, 0.25) is 0 Å². The summed E-state index contributed by atoms with van der Waals surface area (Å²) in [6.45, 7) is 6.00. The highest BCUT2D eigenvalue weighted by Gasteiger charge is 2.15. The topological polar surface area (TPSA) is 49.6 Å². The third-order valence-corrected chi connectivity index (χ3v) is 3.88. The van der Waals surface area contributed by atoms with Crippen LogP contribution in [0.4, 0.5) is 0 Å². The summed E-state index contributed by atoms with van der Waals surface area (Å²) in [5.41, 5.74) is 3.06. The van der Waals surface area contributed by atoms with E-state index in [0.717, 1.165) is 22.7 Å². The molecule has 4 heteroatoms. The Labute approximate surface area is 111 Å². The Bertz CT molecular complexity index is 595. The van der Waals surface area contributed by atoms with Crippen molar-refractivity contribution in [3.05, 3.63) is 34.6 Å². The SMILES string of the molecule is CCC(C#N)c1nc(C)cc(-c2sccc2C)n1. The van der Waals surface area contributed by atoms with Gasteiger partial charge < -0.3 is 0 Å². The normalized spacial score (nSPS) is 12.1. The van der Waals surface area contributed by atoms with Crippen molar-refractivity contribution in [2.24, 2.45) is 0 Å². The number of hydrogen-bond donors (Lipinski definition) is 0. The van der Waals surface area contributed by atoms with Gasteiger partial charge in [-0.1, -0.05) is 6.92 Å². The highest BCUT2D eigenvalue weighted by Crippen LogP contribution is 2.29. The predicted molar refractivity (Wildman–Crippen MR) is 73.5 cm³/mol. The quantitative estimate of drug-likeness (QED) is 0.839. The highest BCUT2D eigenvalue weighted by atomic mass is 32.1. The summed E-state index contributed by atoms with van der Waals surface area (Å²) < 4.78 is 0. The van der Waals surface area contributed by atoms with Crippen LogP contribution in [0.2, 0.25) is 0 Å². The smallest absolute Gasteiger partial charge is 0.146 e. The van der Waals surface area contributed by atoms with E-state index in [0.29, 0.717) is 5.82 Å². The van der Waals surface area contributed by atoms with E-state index in [4.69, 9.17) is 5.26 Å². The molecule has 0 radical (unpaired) electrons. The summed E-state index contributed by atoms with van der Waals surface area (Å²) in [6.07, 6.45) is 0.739. The number of aromatic nitrogens is 2. The van der Waals surface area contributed by atoms with E-state index in [2.05, 4.69) is 34.4 Å². The van der Waals surface area contributed by atoms with Gasteiger partial charge in [-0.3, -0.25) is 0 Å². The average molecular weight is 257 g/mol. The van der Waals surface area contributed by atoms with Gasteiger partial charge in [0, 0.05) is 5.69 Å². The van der Waals surface area contributed by atoms with Gasteiger partial charge in [-0.2, -0.15) is 5.26 Å². The second-order valence-electron chi connectivity index (χ2n) is 4.28. The highest BCUT2D eigenvalue weighted by molar-refractivity contribution is 7.13. The van der Waals surface area contributed by atoms with Gasteiger partial charge in [0.1, 0.15) is 11.7 Å². The summed E-state index contributed by atoms with van der Waals surface area (Å²) in [4.78, 5) is 10.1. The number of rotatable bonds is 3. The number of nitrogens with zero attached hydrogens (tertiary/aromatic N) is 3. The first-order valence-corrected chi connectivity index (χ1v) is 6.83. The number of thiophene rings is 1. The summed E-state index contributed by atoms with van der Waals surface area (Å²) >= 11 is 1.67. The molecule has 18 heavy (non-hydrogen) atoms. The van der Waals surface area contributed by atoms with Crippen LogP contribution in [0, 0.1) is 25.2 Å². The zero-order valence-electron chi connectivity index (χ0n) is 10.8. The van der Waals surface area contributed by atoms with Crippen molar-refractivity contribution in [1.29, 1.82) is 5.26 Å². The molecule has 2 aromatic heterocycles. The Hall–Kier alpha value is -1.73. The van der Waals surface area contributed by atoms with Crippen molar-refractivity contribution in [3.8, 4) is 16.6 Å². The Balaban J connectivity index is 2.52. The van der Waals surface area contributed by atoms with Crippen LogP contribution in [0.3, 0.4) is 0 Å². The predicted octanol–water partition coefficient (Wildman–Crippen LogP) is 3.84. The molecule has 92 valence electrons. The molecule has 0 N–H and O–H groups in total. The van der Waals surface area contributed by atoms with Gasteiger partial charge in [-0.05, 0) is 43.3 Å². The third-order valence-electron chi connectivity index (χ3n) is 2.84. The van der Waals surface area contributed by atoms with Crippen LogP contribution >= 0.6 is 11.3 Å². The maximum Gasteiger partial charge on any atom is 0.146 e. The minimum atomic E-state index is -0.219. The molecule has 0 aromatic carbocycles. The van der Waals surface area contributed by atoms with Crippen molar-refractivity contribution in [1.82, 2.24) is 9.97 Å². The van der Waals surface area contributed by atoms with Gasteiger partial charge in [-0.15, -0.1) is 11.3 Å².